The molecule has 2 saturated heterocycles. The van der Waals surface area contributed by atoms with Crippen LogP contribution in [0.1, 0.15) is 40.5 Å². The largest absolute Gasteiger partial charge is 0.302 e. The first kappa shape index (κ1) is 13.4. The second kappa shape index (κ2) is 5.71. The van der Waals surface area contributed by atoms with Crippen molar-refractivity contribution in [1.29, 1.82) is 0 Å². The van der Waals surface area contributed by atoms with Crippen molar-refractivity contribution in [2.75, 3.05) is 32.7 Å². The number of hydrogen-bond acceptors (Lipinski definition) is 2. The van der Waals surface area contributed by atoms with E-state index in [0.29, 0.717) is 0 Å². The fourth-order valence-corrected chi connectivity index (χ4v) is 3.79. The van der Waals surface area contributed by atoms with Gasteiger partial charge in [0.1, 0.15) is 0 Å². The van der Waals surface area contributed by atoms with Crippen LogP contribution in [0, 0.1) is 17.8 Å². The van der Waals surface area contributed by atoms with Crippen molar-refractivity contribution in [3.05, 3.63) is 0 Å². The minimum Gasteiger partial charge on any atom is -0.302 e. The van der Waals surface area contributed by atoms with E-state index in [2.05, 4.69) is 37.5 Å². The van der Waals surface area contributed by atoms with E-state index >= 15 is 0 Å². The summed E-state index contributed by atoms with van der Waals surface area (Å²) >= 11 is 0. The average Bonchev–Trinajstić information content (AvgIpc) is 2.64. The molecule has 2 heterocycles. The van der Waals surface area contributed by atoms with Crippen molar-refractivity contribution in [1.82, 2.24) is 9.80 Å². The van der Waals surface area contributed by atoms with E-state index in [9.17, 15) is 0 Å². The lowest BCUT2D eigenvalue weighted by atomic mass is 9.91. The van der Waals surface area contributed by atoms with Gasteiger partial charge in [-0.1, -0.05) is 13.8 Å². The van der Waals surface area contributed by atoms with Crippen molar-refractivity contribution < 1.29 is 0 Å². The van der Waals surface area contributed by atoms with Crippen molar-refractivity contribution in [3.8, 4) is 0 Å². The first-order valence-electron chi connectivity index (χ1n) is 7.51. The maximum absolute atomic E-state index is 2.73. The summed E-state index contributed by atoms with van der Waals surface area (Å²) in [4.78, 5) is 5.37. The van der Waals surface area contributed by atoms with Crippen molar-refractivity contribution in [3.63, 3.8) is 0 Å². The van der Waals surface area contributed by atoms with Crippen LogP contribution in [0.2, 0.25) is 0 Å². The topological polar surface area (TPSA) is 6.48 Å². The molecule has 17 heavy (non-hydrogen) atoms. The Hall–Kier alpha value is -0.0800. The van der Waals surface area contributed by atoms with Gasteiger partial charge in [-0.2, -0.15) is 0 Å². The molecule has 3 unspecified atom stereocenters. The Bertz CT molecular complexity index is 229. The van der Waals surface area contributed by atoms with E-state index in [1.807, 2.05) is 0 Å². The van der Waals surface area contributed by atoms with E-state index < -0.39 is 0 Å². The lowest BCUT2D eigenvalue weighted by Crippen LogP contribution is -2.42. The van der Waals surface area contributed by atoms with Gasteiger partial charge >= 0.3 is 0 Å². The second-order valence-electron chi connectivity index (χ2n) is 6.91. The standard InChI is InChI=1S/C15H30N2/c1-12(2)17-6-5-15(11-17)10-16-8-13(3)7-14(4)9-16/h12-15H,5-11H2,1-4H3. The number of hydrogen-bond donors (Lipinski definition) is 0. The summed E-state index contributed by atoms with van der Waals surface area (Å²) in [5.74, 6) is 2.73. The number of piperidine rings is 1. The third-order valence-corrected chi connectivity index (χ3v) is 4.51. The normalized spacial score (nSPS) is 36.9. The maximum Gasteiger partial charge on any atom is 0.00387 e. The summed E-state index contributed by atoms with van der Waals surface area (Å²) in [5, 5.41) is 0. The van der Waals surface area contributed by atoms with Gasteiger partial charge in [-0.05, 0) is 51.0 Å². The molecule has 2 nitrogen and oxygen atoms in total. The summed E-state index contributed by atoms with van der Waals surface area (Å²) in [6.07, 6.45) is 2.84. The van der Waals surface area contributed by atoms with E-state index in [0.717, 1.165) is 23.8 Å². The summed E-state index contributed by atoms with van der Waals surface area (Å²) < 4.78 is 0. The predicted molar refractivity (Wildman–Crippen MR) is 74.2 cm³/mol. The highest BCUT2D eigenvalue weighted by Crippen LogP contribution is 2.25. The first-order chi connectivity index (χ1) is 8.04. The van der Waals surface area contributed by atoms with Crippen LogP contribution in [0.3, 0.4) is 0 Å². The summed E-state index contributed by atoms with van der Waals surface area (Å²) in [7, 11) is 0. The molecule has 2 fully saturated rings. The smallest absolute Gasteiger partial charge is 0.00387 e. The predicted octanol–water partition coefficient (Wildman–Crippen LogP) is 2.69. The fraction of sp³-hybridized carbons (Fsp3) is 1.00. The van der Waals surface area contributed by atoms with E-state index in [1.54, 1.807) is 0 Å². The van der Waals surface area contributed by atoms with Gasteiger partial charge < -0.3 is 9.80 Å². The second-order valence-corrected chi connectivity index (χ2v) is 6.91. The summed E-state index contributed by atoms with van der Waals surface area (Å²) in [6, 6.07) is 0.735. The Labute approximate surface area is 107 Å². The molecule has 0 spiro atoms. The SMILES string of the molecule is CC1CC(C)CN(CC2CCN(C(C)C)C2)C1. The zero-order chi connectivity index (χ0) is 12.4. The Kier molecular flexibility index (Phi) is 4.48. The quantitative estimate of drug-likeness (QED) is 0.746. The van der Waals surface area contributed by atoms with Gasteiger partial charge in [-0.25, -0.2) is 0 Å². The highest BCUT2D eigenvalue weighted by Gasteiger charge is 2.28. The highest BCUT2D eigenvalue weighted by molar-refractivity contribution is 4.82. The molecule has 100 valence electrons. The Morgan fingerprint density at radius 2 is 1.71 bits per heavy atom. The van der Waals surface area contributed by atoms with Gasteiger partial charge in [-0.15, -0.1) is 0 Å². The molecule has 3 atom stereocenters. The molecule has 0 bridgehead atoms. The molecule has 0 N–H and O–H groups in total. The van der Waals surface area contributed by atoms with Crippen LogP contribution >= 0.6 is 0 Å². The molecule has 0 aromatic rings. The zero-order valence-corrected chi connectivity index (χ0v) is 12.2. The third kappa shape index (κ3) is 3.69. The maximum atomic E-state index is 2.73. The van der Waals surface area contributed by atoms with Crippen LogP contribution < -0.4 is 0 Å². The summed E-state index contributed by atoms with van der Waals surface area (Å²) in [6.45, 7) is 16.2. The van der Waals surface area contributed by atoms with Crippen LogP contribution in [-0.4, -0.2) is 48.6 Å². The molecular formula is C15H30N2. The van der Waals surface area contributed by atoms with Crippen molar-refractivity contribution in [2.24, 2.45) is 17.8 Å². The van der Waals surface area contributed by atoms with Crippen LogP contribution in [0.25, 0.3) is 0 Å². The Morgan fingerprint density at radius 3 is 2.24 bits per heavy atom. The van der Waals surface area contributed by atoms with E-state index in [1.165, 1.54) is 45.6 Å². The van der Waals surface area contributed by atoms with E-state index in [4.69, 9.17) is 0 Å². The van der Waals surface area contributed by atoms with Crippen LogP contribution in [0.15, 0.2) is 0 Å². The zero-order valence-electron chi connectivity index (χ0n) is 12.2. The van der Waals surface area contributed by atoms with Gasteiger partial charge in [0.15, 0.2) is 0 Å². The van der Waals surface area contributed by atoms with Gasteiger partial charge in [0.2, 0.25) is 0 Å². The molecule has 2 aliphatic heterocycles. The first-order valence-corrected chi connectivity index (χ1v) is 7.51. The fourth-order valence-electron chi connectivity index (χ4n) is 3.79. The van der Waals surface area contributed by atoms with Gasteiger partial charge in [0.05, 0.1) is 0 Å². The lowest BCUT2D eigenvalue weighted by Gasteiger charge is -2.36. The molecule has 0 aliphatic carbocycles. The van der Waals surface area contributed by atoms with Crippen molar-refractivity contribution >= 4 is 0 Å². The molecule has 2 rings (SSSR count). The van der Waals surface area contributed by atoms with Crippen LogP contribution in [0.5, 0.6) is 0 Å². The molecule has 0 aromatic carbocycles. The highest BCUT2D eigenvalue weighted by atomic mass is 15.2. The molecule has 2 aliphatic rings. The Morgan fingerprint density at radius 1 is 1.06 bits per heavy atom. The van der Waals surface area contributed by atoms with Gasteiger partial charge in [-0.3, -0.25) is 0 Å². The molecule has 0 saturated carbocycles. The Balaban J connectivity index is 1.78. The number of likely N-dealkylation sites (tertiary alicyclic amines) is 2. The molecule has 0 aromatic heterocycles. The number of rotatable bonds is 3. The average molecular weight is 238 g/mol. The summed E-state index contributed by atoms with van der Waals surface area (Å²) in [5.41, 5.74) is 0. The number of nitrogens with zero attached hydrogens (tertiary/aromatic N) is 2. The monoisotopic (exact) mass is 238 g/mol. The lowest BCUT2D eigenvalue weighted by molar-refractivity contribution is 0.121. The van der Waals surface area contributed by atoms with Gasteiger partial charge in [0.25, 0.3) is 0 Å². The molecule has 0 amide bonds. The third-order valence-electron chi connectivity index (χ3n) is 4.51. The minimum atomic E-state index is 0.735. The van der Waals surface area contributed by atoms with Gasteiger partial charge in [0, 0.05) is 32.2 Å². The minimum absolute atomic E-state index is 0.735. The molecule has 0 radical (unpaired) electrons. The van der Waals surface area contributed by atoms with Crippen LogP contribution in [0.4, 0.5) is 0 Å². The molecule has 2 heteroatoms. The van der Waals surface area contributed by atoms with Crippen LogP contribution in [-0.2, 0) is 0 Å². The van der Waals surface area contributed by atoms with E-state index in [-0.39, 0.29) is 0 Å². The van der Waals surface area contributed by atoms with Crippen molar-refractivity contribution in [2.45, 2.75) is 46.6 Å². The molecular weight excluding hydrogens is 208 g/mol.